The summed E-state index contributed by atoms with van der Waals surface area (Å²) in [4.78, 5) is 68.3. The average Bonchev–Trinajstić information content (AvgIpc) is 3.56. The van der Waals surface area contributed by atoms with Gasteiger partial charge in [-0.05, 0) is 90.5 Å². The fraction of sp³-hybridized carbons (Fsp3) is 0.522. The first-order valence-corrected chi connectivity index (χ1v) is 24.8. The Hall–Kier alpha value is -4.35. The second-order valence-corrected chi connectivity index (χ2v) is 22.1. The van der Waals surface area contributed by atoms with Gasteiger partial charge in [-0.15, -0.1) is 11.3 Å². The molecule has 0 radical (unpaired) electrons. The van der Waals surface area contributed by atoms with E-state index in [1.54, 1.807) is 32.9 Å². The Kier molecular flexibility index (Phi) is 14.0. The summed E-state index contributed by atoms with van der Waals surface area (Å²) in [6, 6.07) is 10.4. The Morgan fingerprint density at radius 3 is 2.53 bits per heavy atom. The van der Waals surface area contributed by atoms with Gasteiger partial charge in [0.15, 0.2) is 5.78 Å². The van der Waals surface area contributed by atoms with Crippen molar-refractivity contribution in [2.45, 2.75) is 116 Å². The minimum Gasteiger partial charge on any atom is -0.460 e. The predicted octanol–water partition coefficient (Wildman–Crippen LogP) is 8.82. The van der Waals surface area contributed by atoms with Gasteiger partial charge >= 0.3 is 16.2 Å². The van der Waals surface area contributed by atoms with E-state index in [9.17, 15) is 27.6 Å². The molecule has 0 unspecified atom stereocenters. The first kappa shape index (κ1) is 47.6. The number of thiazole rings is 1. The number of benzene rings is 2. The number of nitrogens with zero attached hydrogens (tertiary/aromatic N) is 5. The van der Waals surface area contributed by atoms with E-state index in [1.807, 2.05) is 60.2 Å². The molecule has 5 atom stereocenters. The van der Waals surface area contributed by atoms with Gasteiger partial charge in [0.2, 0.25) is 11.8 Å². The molecule has 2 amide bonds. The molecular weight excluding hydrogens is 900 g/mol. The van der Waals surface area contributed by atoms with Crippen molar-refractivity contribution in [3.05, 3.63) is 64.0 Å². The second kappa shape index (κ2) is 18.9. The van der Waals surface area contributed by atoms with Crippen molar-refractivity contribution in [2.75, 3.05) is 20.6 Å². The summed E-state index contributed by atoms with van der Waals surface area (Å²) in [7, 11) is -1.52. The van der Waals surface area contributed by atoms with Crippen LogP contribution in [-0.4, -0.2) is 94.1 Å². The number of amides is 2. The lowest BCUT2D eigenvalue weighted by Gasteiger charge is -2.29. The molecule has 4 heterocycles. The molecule has 0 bridgehead atoms. The zero-order chi connectivity index (χ0) is 46.3. The maximum absolute atomic E-state index is 14.8. The molecule has 64 heavy (non-hydrogen) atoms. The molecule has 14 nitrogen and oxygen atoms in total. The molecule has 1 saturated heterocycles. The van der Waals surface area contributed by atoms with Crippen LogP contribution in [0.5, 0.6) is 6.01 Å². The van der Waals surface area contributed by atoms with Gasteiger partial charge in [-0.3, -0.25) is 23.7 Å². The molecule has 2 aromatic heterocycles. The highest BCUT2D eigenvalue weighted by molar-refractivity contribution is 7.87. The van der Waals surface area contributed by atoms with Gasteiger partial charge in [-0.1, -0.05) is 60.3 Å². The summed E-state index contributed by atoms with van der Waals surface area (Å²) in [6.07, 6.45) is 6.50. The number of halogens is 2. The van der Waals surface area contributed by atoms with Gasteiger partial charge in [0.25, 0.3) is 6.01 Å². The van der Waals surface area contributed by atoms with Gasteiger partial charge in [-0.2, -0.15) is 17.7 Å². The summed E-state index contributed by atoms with van der Waals surface area (Å²) < 4.78 is 43.2. The number of rotatable bonds is 10. The predicted molar refractivity (Wildman–Crippen MR) is 248 cm³/mol. The number of carbonyl (C=O) groups is 4. The van der Waals surface area contributed by atoms with Crippen LogP contribution in [0.1, 0.15) is 98.4 Å². The largest absolute Gasteiger partial charge is 0.460 e. The minimum absolute atomic E-state index is 0.0191. The number of allylic oxidation sites excluding steroid dienone is 2. The van der Waals surface area contributed by atoms with E-state index in [0.717, 1.165) is 44.5 Å². The van der Waals surface area contributed by atoms with Gasteiger partial charge in [0.05, 0.1) is 45.7 Å². The minimum atomic E-state index is -4.15. The van der Waals surface area contributed by atoms with Crippen LogP contribution < -0.4 is 9.46 Å². The molecule has 3 aliphatic rings. The van der Waals surface area contributed by atoms with Crippen molar-refractivity contribution in [2.24, 2.45) is 17.3 Å². The van der Waals surface area contributed by atoms with E-state index in [1.165, 1.54) is 30.3 Å². The van der Waals surface area contributed by atoms with Gasteiger partial charge in [0, 0.05) is 55.4 Å². The molecular formula is C46H56Cl2N6O8S2. The highest BCUT2D eigenvalue weighted by Gasteiger charge is 2.61. The van der Waals surface area contributed by atoms with E-state index in [4.69, 9.17) is 42.6 Å². The Balaban J connectivity index is 1.23. The van der Waals surface area contributed by atoms with Crippen LogP contribution in [0.15, 0.2) is 53.9 Å². The standard InChI is InChI=1S/C46H56Cl2N6O8S2/c1-27(2)54-36-17-13-16-32(41-49-35(26-63-41)28-18-19-33(47)34(48)20-28)40(36)50-44(54)61-31-22-37-38(55)24-46(43(58)51-64(59,60)52(6)7)23-30(46)15-12-10-8-9-11-14-29(42(57)53(37)25-31)21-39(56)62-45(3,4)5/h12-13,15-20,26-27,29-31,37H,8-11,14,21-25H2,1-7H3,(H,51,58)/b15-12-/t29-,30-,31-,37+,46-/m1/s1. The Labute approximate surface area is 388 Å². The number of ketones is 1. The van der Waals surface area contributed by atoms with E-state index in [2.05, 4.69) is 4.72 Å². The molecule has 7 rings (SSSR count). The molecule has 1 saturated carbocycles. The number of hydrogen-bond donors (Lipinski definition) is 1. The van der Waals surface area contributed by atoms with E-state index >= 15 is 0 Å². The molecule has 1 aliphatic carbocycles. The maximum Gasteiger partial charge on any atom is 0.307 e. The molecule has 344 valence electrons. The average molecular weight is 956 g/mol. The quantitative estimate of drug-likeness (QED) is 0.120. The Morgan fingerprint density at radius 2 is 1.83 bits per heavy atom. The monoisotopic (exact) mass is 954 g/mol. The summed E-state index contributed by atoms with van der Waals surface area (Å²) in [5.74, 6) is -3.16. The number of carbonyl (C=O) groups excluding carboxylic acids is 4. The summed E-state index contributed by atoms with van der Waals surface area (Å²) in [5.41, 5.74) is 1.73. The van der Waals surface area contributed by atoms with Crippen LogP contribution in [-0.2, 0) is 34.1 Å². The number of ether oxygens (including phenoxy) is 2. The van der Waals surface area contributed by atoms with Crippen LogP contribution >= 0.6 is 34.5 Å². The smallest absolute Gasteiger partial charge is 0.307 e. The number of para-hydroxylation sites is 1. The lowest BCUT2D eigenvalue weighted by Crippen LogP contribution is -2.47. The lowest BCUT2D eigenvalue weighted by atomic mass is 9.90. The number of esters is 1. The van der Waals surface area contributed by atoms with Crippen LogP contribution in [0.25, 0.3) is 32.9 Å². The van der Waals surface area contributed by atoms with Gasteiger partial charge < -0.3 is 14.4 Å². The van der Waals surface area contributed by atoms with Crippen molar-refractivity contribution in [1.82, 2.24) is 28.5 Å². The molecule has 2 aromatic carbocycles. The molecule has 18 heteroatoms. The lowest BCUT2D eigenvalue weighted by molar-refractivity contribution is -0.159. The molecule has 2 fully saturated rings. The topological polar surface area (TPSA) is 170 Å². The zero-order valence-electron chi connectivity index (χ0n) is 37.2. The van der Waals surface area contributed by atoms with Crippen molar-refractivity contribution in [1.29, 1.82) is 0 Å². The van der Waals surface area contributed by atoms with Crippen molar-refractivity contribution < 1.29 is 37.1 Å². The first-order chi connectivity index (χ1) is 30.2. The highest BCUT2D eigenvalue weighted by Crippen LogP contribution is 2.57. The van der Waals surface area contributed by atoms with E-state index < -0.39 is 51.2 Å². The normalized spacial score (nSPS) is 24.0. The van der Waals surface area contributed by atoms with Crippen molar-refractivity contribution in [3.63, 3.8) is 0 Å². The number of nitrogens with one attached hydrogen (secondary N) is 1. The number of fused-ring (bicyclic) bond motifs is 3. The summed E-state index contributed by atoms with van der Waals surface area (Å²) >= 11 is 14.0. The maximum atomic E-state index is 14.8. The molecule has 0 spiro atoms. The number of imidazole rings is 1. The summed E-state index contributed by atoms with van der Waals surface area (Å²) in [6.45, 7) is 9.36. The van der Waals surface area contributed by atoms with Gasteiger partial charge in [0.1, 0.15) is 22.2 Å². The third-order valence-corrected chi connectivity index (χ3v) is 15.1. The van der Waals surface area contributed by atoms with Crippen LogP contribution in [0, 0.1) is 17.3 Å². The number of aromatic nitrogens is 3. The zero-order valence-corrected chi connectivity index (χ0v) is 40.4. The summed E-state index contributed by atoms with van der Waals surface area (Å²) in [5, 5.41) is 3.56. The van der Waals surface area contributed by atoms with E-state index in [-0.39, 0.29) is 55.9 Å². The fourth-order valence-corrected chi connectivity index (χ4v) is 10.5. The Morgan fingerprint density at radius 1 is 1.06 bits per heavy atom. The third-order valence-electron chi connectivity index (χ3n) is 12.1. The van der Waals surface area contributed by atoms with Crippen molar-refractivity contribution >= 4 is 79.3 Å². The molecule has 4 aromatic rings. The Bertz CT molecular complexity index is 2580. The second-order valence-electron chi connectivity index (χ2n) is 18.6. The van der Waals surface area contributed by atoms with Gasteiger partial charge in [-0.25, -0.2) is 9.71 Å². The van der Waals surface area contributed by atoms with Crippen LogP contribution in [0.2, 0.25) is 10.0 Å². The fourth-order valence-electron chi connectivity index (χ4n) is 8.71. The SMILES string of the molecule is CC(C)n1c(O[C@@H]2C[C@H]3C(=O)C[C@]4(C(=O)NS(=O)(=O)N(C)C)C[C@H]4/C=C\CCCCC[C@H](CC(=O)OC(C)(C)C)C(=O)N3C2)nc2c(-c3nc(-c4ccc(Cl)c(Cl)c4)cs3)cccc21. The first-order valence-electron chi connectivity index (χ1n) is 21.7. The van der Waals surface area contributed by atoms with Crippen LogP contribution in [0.3, 0.4) is 0 Å². The van der Waals surface area contributed by atoms with E-state index in [0.29, 0.717) is 40.8 Å². The van der Waals surface area contributed by atoms with Crippen LogP contribution in [0.4, 0.5) is 0 Å². The molecule has 1 N–H and O–H groups in total. The third kappa shape index (κ3) is 10.4. The highest BCUT2D eigenvalue weighted by atomic mass is 35.5. The molecule has 2 aliphatic heterocycles. The number of hydrogen-bond acceptors (Lipinski definition) is 11. The van der Waals surface area contributed by atoms with Crippen molar-refractivity contribution in [3.8, 4) is 27.8 Å². The number of Topliss-reactive ketones (excluding diaryl/α,β-unsaturated/α-hetero) is 1.